The lowest BCUT2D eigenvalue weighted by molar-refractivity contribution is 0.0993. The summed E-state index contributed by atoms with van der Waals surface area (Å²) < 4.78 is 13.1. The third kappa shape index (κ3) is 2.27. The van der Waals surface area contributed by atoms with Crippen LogP contribution in [0.3, 0.4) is 0 Å². The van der Waals surface area contributed by atoms with Crippen LogP contribution >= 0.6 is 0 Å². The van der Waals surface area contributed by atoms with Gasteiger partial charge >= 0.3 is 0 Å². The minimum absolute atomic E-state index is 0.00265. The molecule has 2 aromatic rings. The van der Waals surface area contributed by atoms with Gasteiger partial charge in [-0.25, -0.2) is 9.37 Å². The smallest absolute Gasteiger partial charge is 0.261 e. The molecule has 2 aromatic heterocycles. The van der Waals surface area contributed by atoms with Crippen LogP contribution in [-0.4, -0.2) is 22.9 Å². The number of hydrogen-bond acceptors (Lipinski definition) is 4. The molecule has 2 N–H and O–H groups in total. The SMILES string of the molecule is CN(C(=O)c1cc(F)cnc1N)c1cccnc1. The van der Waals surface area contributed by atoms with Crippen LogP contribution in [0, 0.1) is 5.82 Å². The van der Waals surface area contributed by atoms with Crippen LogP contribution in [0.25, 0.3) is 0 Å². The summed E-state index contributed by atoms with van der Waals surface area (Å²) in [4.78, 5) is 21.0. The third-order valence-corrected chi connectivity index (χ3v) is 2.45. The molecule has 0 aliphatic carbocycles. The van der Waals surface area contributed by atoms with Crippen molar-refractivity contribution >= 4 is 17.4 Å². The number of halogens is 1. The van der Waals surface area contributed by atoms with Gasteiger partial charge in [0.1, 0.15) is 11.6 Å². The summed E-state index contributed by atoms with van der Waals surface area (Å²) in [6, 6.07) is 4.48. The minimum Gasteiger partial charge on any atom is -0.383 e. The van der Waals surface area contributed by atoms with Crippen LogP contribution in [-0.2, 0) is 0 Å². The molecule has 2 heterocycles. The lowest BCUT2D eigenvalue weighted by Crippen LogP contribution is -2.27. The van der Waals surface area contributed by atoms with Gasteiger partial charge < -0.3 is 10.6 Å². The van der Waals surface area contributed by atoms with E-state index >= 15 is 0 Å². The Bertz CT molecular complexity index is 574. The number of nitrogens with zero attached hydrogens (tertiary/aromatic N) is 3. The van der Waals surface area contributed by atoms with Crippen molar-refractivity contribution in [3.63, 3.8) is 0 Å². The fraction of sp³-hybridized carbons (Fsp3) is 0.0833. The van der Waals surface area contributed by atoms with Gasteiger partial charge in [-0.3, -0.25) is 9.78 Å². The molecule has 1 amide bonds. The number of hydrogen-bond donors (Lipinski definition) is 1. The van der Waals surface area contributed by atoms with E-state index in [2.05, 4.69) is 9.97 Å². The number of aromatic nitrogens is 2. The van der Waals surface area contributed by atoms with Crippen LogP contribution in [0.15, 0.2) is 36.8 Å². The van der Waals surface area contributed by atoms with E-state index in [4.69, 9.17) is 5.73 Å². The number of rotatable bonds is 2. The Morgan fingerprint density at radius 2 is 2.22 bits per heavy atom. The molecule has 0 saturated carbocycles. The van der Waals surface area contributed by atoms with E-state index in [0.717, 1.165) is 12.3 Å². The van der Waals surface area contributed by atoms with Crippen molar-refractivity contribution in [1.82, 2.24) is 9.97 Å². The normalized spacial score (nSPS) is 10.1. The Kier molecular flexibility index (Phi) is 3.18. The van der Waals surface area contributed by atoms with Crippen molar-refractivity contribution in [2.75, 3.05) is 17.7 Å². The van der Waals surface area contributed by atoms with E-state index in [-0.39, 0.29) is 11.4 Å². The quantitative estimate of drug-likeness (QED) is 0.871. The van der Waals surface area contributed by atoms with Crippen LogP contribution in [0.1, 0.15) is 10.4 Å². The molecule has 0 aromatic carbocycles. The molecule has 92 valence electrons. The maximum Gasteiger partial charge on any atom is 0.261 e. The van der Waals surface area contributed by atoms with Crippen LogP contribution in [0.2, 0.25) is 0 Å². The van der Waals surface area contributed by atoms with Crippen molar-refractivity contribution < 1.29 is 9.18 Å². The topological polar surface area (TPSA) is 72.1 Å². The van der Waals surface area contributed by atoms with Gasteiger partial charge in [0.05, 0.1) is 23.6 Å². The third-order valence-electron chi connectivity index (χ3n) is 2.45. The number of nitrogen functional groups attached to an aromatic ring is 1. The molecule has 0 aliphatic rings. The van der Waals surface area contributed by atoms with Gasteiger partial charge in [0, 0.05) is 13.2 Å². The zero-order valence-corrected chi connectivity index (χ0v) is 9.67. The molecule has 0 unspecified atom stereocenters. The molecule has 0 spiro atoms. The second kappa shape index (κ2) is 4.79. The maximum absolute atomic E-state index is 13.1. The van der Waals surface area contributed by atoms with E-state index in [1.54, 1.807) is 25.4 Å². The van der Waals surface area contributed by atoms with Gasteiger partial charge in [0.15, 0.2) is 0 Å². The molecular formula is C12H11FN4O. The summed E-state index contributed by atoms with van der Waals surface area (Å²) in [6.07, 6.45) is 4.09. The summed E-state index contributed by atoms with van der Waals surface area (Å²) in [6.45, 7) is 0. The van der Waals surface area contributed by atoms with Crippen molar-refractivity contribution in [3.05, 3.63) is 48.2 Å². The fourth-order valence-electron chi connectivity index (χ4n) is 1.47. The van der Waals surface area contributed by atoms with Gasteiger partial charge in [-0.1, -0.05) is 0 Å². The number of carbonyl (C=O) groups is 1. The first-order chi connectivity index (χ1) is 8.59. The number of pyridine rings is 2. The molecule has 6 heteroatoms. The number of nitrogens with two attached hydrogens (primary N) is 1. The molecular weight excluding hydrogens is 235 g/mol. The Morgan fingerprint density at radius 1 is 1.44 bits per heavy atom. The Labute approximate surface area is 103 Å². The summed E-state index contributed by atoms with van der Waals surface area (Å²) in [5.41, 5.74) is 6.18. The Hall–Kier alpha value is -2.50. The van der Waals surface area contributed by atoms with Gasteiger partial charge in [0.25, 0.3) is 5.91 Å². The first-order valence-electron chi connectivity index (χ1n) is 5.18. The molecule has 0 fully saturated rings. The second-order valence-electron chi connectivity index (χ2n) is 3.66. The van der Waals surface area contributed by atoms with Crippen molar-refractivity contribution in [2.24, 2.45) is 0 Å². The van der Waals surface area contributed by atoms with E-state index < -0.39 is 11.7 Å². The fourth-order valence-corrected chi connectivity index (χ4v) is 1.47. The number of carbonyl (C=O) groups excluding carboxylic acids is 1. The van der Waals surface area contributed by atoms with Crippen molar-refractivity contribution in [3.8, 4) is 0 Å². The molecule has 18 heavy (non-hydrogen) atoms. The van der Waals surface area contributed by atoms with Gasteiger partial charge in [-0.05, 0) is 18.2 Å². The highest BCUT2D eigenvalue weighted by atomic mass is 19.1. The molecule has 2 rings (SSSR count). The van der Waals surface area contributed by atoms with E-state index in [0.29, 0.717) is 5.69 Å². The van der Waals surface area contributed by atoms with Crippen LogP contribution in [0.5, 0.6) is 0 Å². The number of amides is 1. The molecule has 0 bridgehead atoms. The average molecular weight is 246 g/mol. The summed E-state index contributed by atoms with van der Waals surface area (Å²) in [5.74, 6) is -1.04. The lowest BCUT2D eigenvalue weighted by atomic mass is 10.2. The van der Waals surface area contributed by atoms with Crippen LogP contribution < -0.4 is 10.6 Å². The minimum atomic E-state index is -0.605. The zero-order valence-electron chi connectivity index (χ0n) is 9.67. The maximum atomic E-state index is 13.1. The van der Waals surface area contributed by atoms with Gasteiger partial charge in [-0.2, -0.15) is 0 Å². The monoisotopic (exact) mass is 246 g/mol. The summed E-state index contributed by atoms with van der Waals surface area (Å²) in [5, 5.41) is 0. The van der Waals surface area contributed by atoms with Crippen molar-refractivity contribution in [1.29, 1.82) is 0 Å². The molecule has 5 nitrogen and oxygen atoms in total. The largest absolute Gasteiger partial charge is 0.383 e. The molecule has 0 saturated heterocycles. The van der Waals surface area contributed by atoms with Crippen LogP contribution in [0.4, 0.5) is 15.9 Å². The second-order valence-corrected chi connectivity index (χ2v) is 3.66. The average Bonchev–Trinajstić information content (AvgIpc) is 2.41. The van der Waals surface area contributed by atoms with E-state index in [1.165, 1.54) is 11.1 Å². The van der Waals surface area contributed by atoms with Gasteiger partial charge in [-0.15, -0.1) is 0 Å². The Balaban J connectivity index is 2.34. The first-order valence-corrected chi connectivity index (χ1v) is 5.18. The lowest BCUT2D eigenvalue weighted by Gasteiger charge is -2.17. The molecule has 0 atom stereocenters. The highest BCUT2D eigenvalue weighted by Crippen LogP contribution is 2.17. The predicted molar refractivity (Wildman–Crippen MR) is 65.6 cm³/mol. The van der Waals surface area contributed by atoms with E-state index in [1.807, 2.05) is 0 Å². The highest BCUT2D eigenvalue weighted by molar-refractivity contribution is 6.08. The van der Waals surface area contributed by atoms with Crippen molar-refractivity contribution in [2.45, 2.75) is 0 Å². The standard InChI is InChI=1S/C12H11FN4O/c1-17(9-3-2-4-15-7-9)12(18)10-5-8(13)6-16-11(10)14/h2-7H,1H3,(H2,14,16). The Morgan fingerprint density at radius 3 is 2.89 bits per heavy atom. The van der Waals surface area contributed by atoms with Gasteiger partial charge in [0.2, 0.25) is 0 Å². The summed E-state index contributed by atoms with van der Waals surface area (Å²) >= 11 is 0. The number of anilines is 2. The highest BCUT2D eigenvalue weighted by Gasteiger charge is 2.17. The van der Waals surface area contributed by atoms with E-state index in [9.17, 15) is 9.18 Å². The molecule has 0 aliphatic heterocycles. The first kappa shape index (κ1) is 12.0. The zero-order chi connectivity index (χ0) is 13.1. The molecule has 0 radical (unpaired) electrons. The predicted octanol–water partition coefficient (Wildman–Crippen LogP) is 1.47. The summed E-state index contributed by atoms with van der Waals surface area (Å²) in [7, 11) is 1.56.